The van der Waals surface area contributed by atoms with Crippen LogP contribution in [-0.2, 0) is 28.1 Å². The van der Waals surface area contributed by atoms with E-state index < -0.39 is 12.9 Å². The molecule has 0 aromatic rings. The molecule has 6 nitrogen and oxygen atoms in total. The third-order valence-electron chi connectivity index (χ3n) is 2.92. The quantitative estimate of drug-likeness (QED) is 0.311. The molecule has 0 aromatic heterocycles. The van der Waals surface area contributed by atoms with Crippen LogP contribution in [0.4, 0.5) is 0 Å². The van der Waals surface area contributed by atoms with E-state index in [-0.39, 0.29) is 18.6 Å². The smallest absolute Gasteiger partial charge is 0.305 e. The van der Waals surface area contributed by atoms with Crippen molar-refractivity contribution in [3.63, 3.8) is 0 Å². The molecule has 0 heterocycles. The van der Waals surface area contributed by atoms with Gasteiger partial charge in [0, 0.05) is 25.8 Å². The van der Waals surface area contributed by atoms with Crippen LogP contribution < -0.4 is 0 Å². The minimum Gasteiger partial charge on any atom is -0.466 e. The van der Waals surface area contributed by atoms with Crippen molar-refractivity contribution in [3.05, 3.63) is 0 Å². The van der Waals surface area contributed by atoms with Crippen molar-refractivity contribution in [2.75, 3.05) is 32.6 Å². The van der Waals surface area contributed by atoms with Crippen molar-refractivity contribution in [3.8, 4) is 0 Å². The minimum atomic E-state index is -3.20. The molecule has 0 spiro atoms. The van der Waals surface area contributed by atoms with Gasteiger partial charge in [0.1, 0.15) is 0 Å². The maximum absolute atomic E-state index is 13.1. The van der Waals surface area contributed by atoms with Crippen LogP contribution in [0.5, 0.6) is 0 Å². The molecule has 0 radical (unpaired) electrons. The highest BCUT2D eigenvalue weighted by molar-refractivity contribution is 7.60. The molecular weight excluding hydrogens is 295 g/mol. The highest BCUT2D eigenvalue weighted by Crippen LogP contribution is 2.60. The molecule has 0 aliphatic carbocycles. The number of hydrogen-bond acceptors (Lipinski definition) is 6. The Balaban J connectivity index is 4.86. The van der Waals surface area contributed by atoms with Gasteiger partial charge in [-0.1, -0.05) is 0 Å². The van der Waals surface area contributed by atoms with Crippen LogP contribution in [0, 0.1) is 0 Å². The third-order valence-corrected chi connectivity index (χ3v) is 6.00. The standard InChI is InChI=1S/C14H29O6P/c1-6-17-13(15)11-10-12-21(16,20-9-4)14(5,18-7-2)19-8-3/h6-12H2,1-5H3. The highest BCUT2D eigenvalue weighted by Gasteiger charge is 2.47. The van der Waals surface area contributed by atoms with Gasteiger partial charge in [-0.15, -0.1) is 0 Å². The lowest BCUT2D eigenvalue weighted by atomic mass is 10.3. The van der Waals surface area contributed by atoms with Gasteiger partial charge in [-0.3, -0.25) is 9.36 Å². The van der Waals surface area contributed by atoms with Gasteiger partial charge in [0.15, 0.2) is 0 Å². The van der Waals surface area contributed by atoms with E-state index in [1.54, 1.807) is 20.8 Å². The fourth-order valence-corrected chi connectivity index (χ4v) is 4.45. The Hall–Kier alpha value is -0.420. The van der Waals surface area contributed by atoms with Crippen molar-refractivity contribution in [2.45, 2.75) is 53.0 Å². The molecule has 0 fully saturated rings. The fraction of sp³-hybridized carbons (Fsp3) is 0.929. The van der Waals surface area contributed by atoms with Crippen molar-refractivity contribution < 1.29 is 28.1 Å². The minimum absolute atomic E-state index is 0.208. The number of rotatable bonds is 12. The Morgan fingerprint density at radius 2 is 1.57 bits per heavy atom. The maximum atomic E-state index is 13.1. The maximum Gasteiger partial charge on any atom is 0.305 e. The van der Waals surface area contributed by atoms with Crippen LogP contribution in [0.2, 0.25) is 0 Å². The molecule has 1 atom stereocenters. The van der Waals surface area contributed by atoms with Crippen LogP contribution in [0.1, 0.15) is 47.5 Å². The van der Waals surface area contributed by atoms with E-state index in [1.165, 1.54) is 0 Å². The summed E-state index contributed by atoms with van der Waals surface area (Å²) < 4.78 is 34.6. The normalized spacial score (nSPS) is 14.7. The van der Waals surface area contributed by atoms with Crippen molar-refractivity contribution in [1.29, 1.82) is 0 Å². The molecule has 0 N–H and O–H groups in total. The van der Waals surface area contributed by atoms with Crippen molar-refractivity contribution in [2.24, 2.45) is 0 Å². The van der Waals surface area contributed by atoms with E-state index >= 15 is 0 Å². The van der Waals surface area contributed by atoms with Crippen LogP contribution in [-0.4, -0.2) is 44.1 Å². The molecule has 0 aliphatic rings. The number of esters is 1. The average Bonchev–Trinajstić information content (AvgIpc) is 2.39. The number of ether oxygens (including phenoxy) is 3. The zero-order valence-corrected chi connectivity index (χ0v) is 14.7. The predicted octanol–water partition coefficient (Wildman–Crippen LogP) is 3.39. The molecule has 0 rings (SSSR count). The monoisotopic (exact) mass is 324 g/mol. The first-order chi connectivity index (χ1) is 9.89. The molecular formula is C14H29O6P. The summed E-state index contributed by atoms with van der Waals surface area (Å²) in [5.41, 5.74) is -1.28. The van der Waals surface area contributed by atoms with Gasteiger partial charge >= 0.3 is 5.97 Å². The van der Waals surface area contributed by atoms with Crippen LogP contribution >= 0.6 is 7.37 Å². The van der Waals surface area contributed by atoms with Crippen LogP contribution in [0.15, 0.2) is 0 Å². The lowest BCUT2D eigenvalue weighted by molar-refractivity contribution is -0.168. The zero-order valence-electron chi connectivity index (χ0n) is 13.8. The molecule has 21 heavy (non-hydrogen) atoms. The second kappa shape index (κ2) is 10.3. The number of carbonyl (C=O) groups excluding carboxylic acids is 1. The Morgan fingerprint density at radius 3 is 2.00 bits per heavy atom. The topological polar surface area (TPSA) is 71.1 Å². The van der Waals surface area contributed by atoms with Crippen molar-refractivity contribution in [1.82, 2.24) is 0 Å². The van der Waals surface area contributed by atoms with Gasteiger partial charge in [0.05, 0.1) is 13.2 Å². The molecule has 0 saturated carbocycles. The summed E-state index contributed by atoms with van der Waals surface area (Å²) in [6.45, 7) is 10.2. The molecule has 0 aromatic carbocycles. The van der Waals surface area contributed by atoms with E-state index in [1.807, 2.05) is 13.8 Å². The second-order valence-electron chi connectivity index (χ2n) is 4.49. The molecule has 126 valence electrons. The van der Waals surface area contributed by atoms with E-state index in [0.29, 0.717) is 32.8 Å². The van der Waals surface area contributed by atoms with Crippen LogP contribution in [0.25, 0.3) is 0 Å². The molecule has 0 amide bonds. The zero-order chi connectivity index (χ0) is 16.4. The summed E-state index contributed by atoms with van der Waals surface area (Å²) in [4.78, 5) is 11.4. The van der Waals surface area contributed by atoms with E-state index in [0.717, 1.165) is 0 Å². The Morgan fingerprint density at radius 1 is 1.00 bits per heavy atom. The predicted molar refractivity (Wildman–Crippen MR) is 81.6 cm³/mol. The van der Waals surface area contributed by atoms with Gasteiger partial charge < -0.3 is 18.7 Å². The Bertz CT molecular complexity index is 338. The Kier molecular flexibility index (Phi) is 10.1. The summed E-state index contributed by atoms with van der Waals surface area (Å²) >= 11 is 0. The number of carbonyl (C=O) groups is 1. The average molecular weight is 324 g/mol. The third kappa shape index (κ3) is 6.47. The van der Waals surface area contributed by atoms with Crippen LogP contribution in [0.3, 0.4) is 0 Å². The first kappa shape index (κ1) is 20.6. The Labute approximate surface area is 127 Å². The molecule has 0 saturated heterocycles. The summed E-state index contributed by atoms with van der Waals surface area (Å²) in [7, 11) is -3.20. The lowest BCUT2D eigenvalue weighted by Crippen LogP contribution is -2.34. The summed E-state index contributed by atoms with van der Waals surface area (Å²) in [6.07, 6.45) is 0.835. The first-order valence-electron chi connectivity index (χ1n) is 7.56. The summed E-state index contributed by atoms with van der Waals surface area (Å²) in [5.74, 6) is -0.296. The van der Waals surface area contributed by atoms with E-state index in [2.05, 4.69) is 0 Å². The molecule has 0 bridgehead atoms. The van der Waals surface area contributed by atoms with Gasteiger partial charge in [-0.2, -0.15) is 0 Å². The molecule has 1 unspecified atom stereocenters. The SMILES string of the molecule is CCOC(=O)CCCP(=O)(OCC)C(C)(OCC)OCC. The van der Waals surface area contributed by atoms with E-state index in [9.17, 15) is 9.36 Å². The first-order valence-corrected chi connectivity index (χ1v) is 9.37. The fourth-order valence-electron chi connectivity index (χ4n) is 2.03. The second-order valence-corrected chi connectivity index (χ2v) is 7.35. The van der Waals surface area contributed by atoms with Gasteiger partial charge in [-0.25, -0.2) is 0 Å². The number of hydrogen-bond donors (Lipinski definition) is 0. The van der Waals surface area contributed by atoms with Gasteiger partial charge in [0.25, 0.3) is 7.37 Å². The van der Waals surface area contributed by atoms with Crippen molar-refractivity contribution >= 4 is 13.3 Å². The van der Waals surface area contributed by atoms with Gasteiger partial charge in [-0.05, 0) is 41.0 Å². The highest BCUT2D eigenvalue weighted by atomic mass is 31.2. The lowest BCUT2D eigenvalue weighted by Gasteiger charge is -2.36. The summed E-state index contributed by atoms with van der Waals surface area (Å²) in [5, 5.41) is 0. The van der Waals surface area contributed by atoms with Gasteiger partial charge in [0.2, 0.25) is 5.53 Å². The molecule has 7 heteroatoms. The van der Waals surface area contributed by atoms with E-state index in [4.69, 9.17) is 18.7 Å². The largest absolute Gasteiger partial charge is 0.466 e. The molecule has 0 aliphatic heterocycles. The summed E-state index contributed by atoms with van der Waals surface area (Å²) in [6, 6.07) is 0.